The number of rotatable bonds is 4. The maximum Gasteiger partial charge on any atom is 0.312 e. The lowest BCUT2D eigenvalue weighted by Gasteiger charge is -2.17. The molecule has 0 unspecified atom stereocenters. The van der Waals surface area contributed by atoms with Crippen molar-refractivity contribution in [3.05, 3.63) is 64.6 Å². The zero-order valence-electron chi connectivity index (χ0n) is 12.4. The molecule has 2 heterocycles. The summed E-state index contributed by atoms with van der Waals surface area (Å²) >= 11 is 0. The molecule has 23 heavy (non-hydrogen) atoms. The van der Waals surface area contributed by atoms with E-state index in [9.17, 15) is 19.5 Å². The van der Waals surface area contributed by atoms with Crippen LogP contribution in [0.1, 0.15) is 17.9 Å². The second-order valence-electron chi connectivity index (χ2n) is 5.44. The summed E-state index contributed by atoms with van der Waals surface area (Å²) in [6.45, 7) is 0.409. The molecule has 0 aliphatic carbocycles. The lowest BCUT2D eigenvalue weighted by Crippen LogP contribution is -2.32. The van der Waals surface area contributed by atoms with E-state index in [-0.39, 0.29) is 31.0 Å². The Morgan fingerprint density at radius 2 is 1.87 bits per heavy atom. The standard InChI is InChI=1S/C17H16N2O4/c20-15-7-3-4-9-18(15)10-8-16(21)19-11-13(17(22)23)12-5-1-2-6-14(12)19/h1-7,9,13H,8,10-11H2,(H,22,23)/t13-/m0/s1. The van der Waals surface area contributed by atoms with Gasteiger partial charge >= 0.3 is 5.97 Å². The molecule has 0 saturated carbocycles. The molecule has 118 valence electrons. The number of nitrogens with zero attached hydrogens (tertiary/aromatic N) is 2. The normalized spacial score (nSPS) is 16.2. The zero-order chi connectivity index (χ0) is 16.4. The predicted molar refractivity (Wildman–Crippen MR) is 84.5 cm³/mol. The molecular formula is C17H16N2O4. The summed E-state index contributed by atoms with van der Waals surface area (Å²) in [6.07, 6.45) is 1.78. The Morgan fingerprint density at radius 1 is 1.13 bits per heavy atom. The zero-order valence-corrected chi connectivity index (χ0v) is 12.4. The maximum atomic E-state index is 12.5. The van der Waals surface area contributed by atoms with Gasteiger partial charge in [-0.25, -0.2) is 0 Å². The summed E-state index contributed by atoms with van der Waals surface area (Å²) in [7, 11) is 0. The van der Waals surface area contributed by atoms with Crippen molar-refractivity contribution in [3.63, 3.8) is 0 Å². The number of carboxylic acids is 1. The third-order valence-corrected chi connectivity index (χ3v) is 4.03. The number of anilines is 1. The molecule has 1 aliphatic rings. The van der Waals surface area contributed by atoms with Crippen LogP contribution in [0.2, 0.25) is 0 Å². The smallest absolute Gasteiger partial charge is 0.312 e. The number of para-hydroxylation sites is 1. The van der Waals surface area contributed by atoms with Crippen LogP contribution >= 0.6 is 0 Å². The average molecular weight is 312 g/mol. The van der Waals surface area contributed by atoms with Gasteiger partial charge in [0.1, 0.15) is 5.92 Å². The Hall–Kier alpha value is -2.89. The minimum Gasteiger partial charge on any atom is -0.481 e. The number of amides is 1. The third-order valence-electron chi connectivity index (χ3n) is 4.03. The van der Waals surface area contributed by atoms with E-state index in [1.54, 1.807) is 42.6 Å². The lowest BCUT2D eigenvalue weighted by molar-refractivity contribution is -0.138. The van der Waals surface area contributed by atoms with Crippen molar-refractivity contribution < 1.29 is 14.7 Å². The second-order valence-corrected chi connectivity index (χ2v) is 5.44. The number of carboxylic acid groups (broad SMARTS) is 1. The fraction of sp³-hybridized carbons (Fsp3) is 0.235. The number of carbonyl (C=O) groups is 2. The molecule has 0 bridgehead atoms. The number of hydrogen-bond acceptors (Lipinski definition) is 3. The predicted octanol–water partition coefficient (Wildman–Crippen LogP) is 1.45. The molecule has 0 saturated heterocycles. The molecule has 1 amide bonds. The van der Waals surface area contributed by atoms with Crippen molar-refractivity contribution in [1.29, 1.82) is 0 Å². The van der Waals surface area contributed by atoms with Gasteiger partial charge in [-0.1, -0.05) is 24.3 Å². The van der Waals surface area contributed by atoms with Crippen LogP contribution in [0.4, 0.5) is 5.69 Å². The molecule has 0 fully saturated rings. The monoisotopic (exact) mass is 312 g/mol. The highest BCUT2D eigenvalue weighted by molar-refractivity contribution is 5.98. The maximum absolute atomic E-state index is 12.5. The van der Waals surface area contributed by atoms with Crippen LogP contribution < -0.4 is 10.5 Å². The van der Waals surface area contributed by atoms with Crippen LogP contribution in [0.5, 0.6) is 0 Å². The Morgan fingerprint density at radius 3 is 2.61 bits per heavy atom. The molecular weight excluding hydrogens is 296 g/mol. The van der Waals surface area contributed by atoms with E-state index in [0.29, 0.717) is 11.3 Å². The highest BCUT2D eigenvalue weighted by Crippen LogP contribution is 2.36. The van der Waals surface area contributed by atoms with Crippen LogP contribution in [0.3, 0.4) is 0 Å². The van der Waals surface area contributed by atoms with E-state index in [1.807, 2.05) is 0 Å². The quantitative estimate of drug-likeness (QED) is 0.927. The Bertz CT molecular complexity index is 812. The van der Waals surface area contributed by atoms with Gasteiger partial charge in [0.25, 0.3) is 5.56 Å². The fourth-order valence-electron chi connectivity index (χ4n) is 2.85. The summed E-state index contributed by atoms with van der Waals surface area (Å²) < 4.78 is 1.47. The second kappa shape index (κ2) is 6.08. The van der Waals surface area contributed by atoms with Gasteiger partial charge in [-0.2, -0.15) is 0 Å². The van der Waals surface area contributed by atoms with Crippen molar-refractivity contribution in [2.45, 2.75) is 18.9 Å². The van der Waals surface area contributed by atoms with Gasteiger partial charge in [0.05, 0.1) is 0 Å². The first-order chi connectivity index (χ1) is 11.1. The molecule has 0 radical (unpaired) electrons. The van der Waals surface area contributed by atoms with Crippen molar-refractivity contribution in [1.82, 2.24) is 4.57 Å². The molecule has 6 nitrogen and oxygen atoms in total. The van der Waals surface area contributed by atoms with Gasteiger partial charge in [0, 0.05) is 37.5 Å². The topological polar surface area (TPSA) is 79.6 Å². The summed E-state index contributed by atoms with van der Waals surface area (Å²) in [5, 5.41) is 9.32. The van der Waals surface area contributed by atoms with E-state index in [0.717, 1.165) is 0 Å². The minimum absolute atomic E-state index is 0.136. The molecule has 1 N–H and O–H groups in total. The van der Waals surface area contributed by atoms with Crippen molar-refractivity contribution in [2.24, 2.45) is 0 Å². The lowest BCUT2D eigenvalue weighted by atomic mass is 10.0. The van der Waals surface area contributed by atoms with Gasteiger partial charge in [0.2, 0.25) is 5.91 Å². The molecule has 2 aromatic rings. The summed E-state index contributed by atoms with van der Waals surface area (Å²) in [6, 6.07) is 11.9. The summed E-state index contributed by atoms with van der Waals surface area (Å²) in [5.41, 5.74) is 1.14. The number of aryl methyl sites for hydroxylation is 1. The summed E-state index contributed by atoms with van der Waals surface area (Å²) in [5.74, 6) is -1.82. The summed E-state index contributed by atoms with van der Waals surface area (Å²) in [4.78, 5) is 37.0. The van der Waals surface area contributed by atoms with Crippen LogP contribution in [-0.4, -0.2) is 28.1 Å². The van der Waals surface area contributed by atoms with Crippen molar-refractivity contribution >= 4 is 17.6 Å². The van der Waals surface area contributed by atoms with Gasteiger partial charge in [-0.05, 0) is 17.7 Å². The Kier molecular flexibility index (Phi) is 3.97. The largest absolute Gasteiger partial charge is 0.481 e. The van der Waals surface area contributed by atoms with E-state index >= 15 is 0 Å². The molecule has 1 atom stereocenters. The van der Waals surface area contributed by atoms with E-state index in [2.05, 4.69) is 0 Å². The molecule has 1 aromatic heterocycles. The van der Waals surface area contributed by atoms with Gasteiger partial charge in [-0.3, -0.25) is 14.4 Å². The SMILES string of the molecule is O=C(O)[C@H]1CN(C(=O)CCn2ccccc2=O)c2ccccc21. The van der Waals surface area contributed by atoms with E-state index in [4.69, 9.17) is 0 Å². The van der Waals surface area contributed by atoms with Gasteiger partial charge < -0.3 is 14.6 Å². The van der Waals surface area contributed by atoms with Gasteiger partial charge in [0.15, 0.2) is 0 Å². The van der Waals surface area contributed by atoms with E-state index in [1.165, 1.54) is 15.5 Å². The number of benzene rings is 1. The number of aliphatic carboxylic acids is 1. The third kappa shape index (κ3) is 2.88. The first kappa shape index (κ1) is 15.0. The van der Waals surface area contributed by atoms with Crippen LogP contribution in [-0.2, 0) is 16.1 Å². The fourth-order valence-corrected chi connectivity index (χ4v) is 2.85. The first-order valence-electron chi connectivity index (χ1n) is 7.35. The highest BCUT2D eigenvalue weighted by atomic mass is 16.4. The van der Waals surface area contributed by atoms with Crippen LogP contribution in [0.25, 0.3) is 0 Å². The van der Waals surface area contributed by atoms with Crippen LogP contribution in [0.15, 0.2) is 53.5 Å². The highest BCUT2D eigenvalue weighted by Gasteiger charge is 2.35. The molecule has 0 spiro atoms. The number of hydrogen-bond donors (Lipinski definition) is 1. The average Bonchev–Trinajstić information content (AvgIpc) is 2.94. The number of carbonyl (C=O) groups excluding carboxylic acids is 1. The van der Waals surface area contributed by atoms with Crippen molar-refractivity contribution in [2.75, 3.05) is 11.4 Å². The van der Waals surface area contributed by atoms with E-state index < -0.39 is 11.9 Å². The Labute approximate surface area is 132 Å². The molecule has 6 heteroatoms. The molecule has 1 aliphatic heterocycles. The van der Waals surface area contributed by atoms with Crippen molar-refractivity contribution in [3.8, 4) is 0 Å². The minimum atomic E-state index is -0.938. The van der Waals surface area contributed by atoms with Crippen LogP contribution in [0, 0.1) is 0 Å². The molecule has 3 rings (SSSR count). The Balaban J connectivity index is 1.77. The number of fused-ring (bicyclic) bond motifs is 1. The first-order valence-corrected chi connectivity index (χ1v) is 7.35. The molecule has 1 aromatic carbocycles. The van der Waals surface area contributed by atoms with Gasteiger partial charge in [-0.15, -0.1) is 0 Å². The number of aromatic nitrogens is 1. The number of pyridine rings is 1.